The highest BCUT2D eigenvalue weighted by Crippen LogP contribution is 2.32. The average molecular weight is 417 g/mol. The number of hydrogen-bond acceptors (Lipinski definition) is 2. The number of benzene rings is 2. The SMILES string of the molecule is O=C(Nc1c2c(nn1-c1ccccc1)CCC2)c1cc(Br)ccc1Cl. The van der Waals surface area contributed by atoms with Gasteiger partial charge in [-0.1, -0.05) is 45.7 Å². The summed E-state index contributed by atoms with van der Waals surface area (Å²) in [6.07, 6.45) is 2.92. The minimum Gasteiger partial charge on any atom is -0.306 e. The molecule has 0 radical (unpaired) electrons. The van der Waals surface area contributed by atoms with Crippen molar-refractivity contribution in [2.75, 3.05) is 5.32 Å². The Kier molecular flexibility index (Phi) is 4.36. The smallest absolute Gasteiger partial charge is 0.258 e. The molecule has 1 heterocycles. The molecule has 0 atom stereocenters. The summed E-state index contributed by atoms with van der Waals surface area (Å²) in [5, 5.41) is 8.16. The van der Waals surface area contributed by atoms with Crippen LogP contribution in [0.15, 0.2) is 53.0 Å². The first-order chi connectivity index (χ1) is 12.1. The van der Waals surface area contributed by atoms with Crippen molar-refractivity contribution >= 4 is 39.3 Å². The van der Waals surface area contributed by atoms with Gasteiger partial charge in [-0.05, 0) is 49.6 Å². The summed E-state index contributed by atoms with van der Waals surface area (Å²) in [6.45, 7) is 0. The van der Waals surface area contributed by atoms with E-state index in [-0.39, 0.29) is 5.91 Å². The summed E-state index contributed by atoms with van der Waals surface area (Å²) < 4.78 is 2.62. The molecule has 6 heteroatoms. The van der Waals surface area contributed by atoms with Crippen molar-refractivity contribution in [3.63, 3.8) is 0 Å². The summed E-state index contributed by atoms with van der Waals surface area (Å²) >= 11 is 9.59. The third-order valence-corrected chi connectivity index (χ3v) is 5.14. The highest BCUT2D eigenvalue weighted by Gasteiger charge is 2.25. The minimum absolute atomic E-state index is 0.238. The number of carbonyl (C=O) groups is 1. The molecule has 0 saturated carbocycles. The Bertz CT molecular complexity index is 953. The van der Waals surface area contributed by atoms with E-state index in [1.165, 1.54) is 0 Å². The lowest BCUT2D eigenvalue weighted by Gasteiger charge is -2.12. The molecule has 1 amide bonds. The number of nitrogens with one attached hydrogen (secondary N) is 1. The molecule has 0 bridgehead atoms. The van der Waals surface area contributed by atoms with E-state index in [0.29, 0.717) is 10.6 Å². The van der Waals surface area contributed by atoms with E-state index in [2.05, 4.69) is 21.2 Å². The molecule has 2 aromatic carbocycles. The van der Waals surface area contributed by atoms with E-state index < -0.39 is 0 Å². The number of rotatable bonds is 3. The molecule has 1 aliphatic rings. The van der Waals surface area contributed by atoms with E-state index in [1.807, 2.05) is 41.1 Å². The van der Waals surface area contributed by atoms with E-state index in [9.17, 15) is 4.79 Å². The van der Waals surface area contributed by atoms with Gasteiger partial charge in [-0.15, -0.1) is 0 Å². The Morgan fingerprint density at radius 1 is 1.16 bits per heavy atom. The van der Waals surface area contributed by atoms with Gasteiger partial charge in [0.05, 0.1) is 22.0 Å². The van der Waals surface area contributed by atoms with Crippen LogP contribution in [0.25, 0.3) is 5.69 Å². The van der Waals surface area contributed by atoms with Crippen LogP contribution >= 0.6 is 27.5 Å². The molecule has 3 aromatic rings. The second-order valence-electron chi connectivity index (χ2n) is 5.95. The lowest BCUT2D eigenvalue weighted by molar-refractivity contribution is 0.102. The molecule has 0 fully saturated rings. The van der Waals surface area contributed by atoms with Gasteiger partial charge in [0, 0.05) is 10.0 Å². The molecular weight excluding hydrogens is 402 g/mol. The van der Waals surface area contributed by atoms with Crippen LogP contribution in [0.5, 0.6) is 0 Å². The number of amides is 1. The number of halogens is 2. The molecule has 1 aliphatic carbocycles. The maximum absolute atomic E-state index is 12.8. The highest BCUT2D eigenvalue weighted by molar-refractivity contribution is 9.10. The lowest BCUT2D eigenvalue weighted by atomic mass is 10.2. The normalized spacial score (nSPS) is 12.9. The van der Waals surface area contributed by atoms with Crippen molar-refractivity contribution < 1.29 is 4.79 Å². The first-order valence-corrected chi connectivity index (χ1v) is 9.23. The molecule has 1 aromatic heterocycles. The Hall–Kier alpha value is -2.11. The van der Waals surface area contributed by atoms with Crippen LogP contribution in [-0.4, -0.2) is 15.7 Å². The van der Waals surface area contributed by atoms with E-state index in [0.717, 1.165) is 46.5 Å². The maximum Gasteiger partial charge on any atom is 0.258 e. The van der Waals surface area contributed by atoms with Crippen LogP contribution in [0.3, 0.4) is 0 Å². The number of hydrogen-bond donors (Lipinski definition) is 1. The van der Waals surface area contributed by atoms with Crippen LogP contribution in [0.4, 0.5) is 5.82 Å². The van der Waals surface area contributed by atoms with Gasteiger partial charge in [0.15, 0.2) is 0 Å². The molecule has 0 unspecified atom stereocenters. The zero-order valence-electron chi connectivity index (χ0n) is 13.3. The van der Waals surface area contributed by atoms with Gasteiger partial charge in [0.1, 0.15) is 5.82 Å². The van der Waals surface area contributed by atoms with Crippen molar-refractivity contribution in [1.29, 1.82) is 0 Å². The van der Waals surface area contributed by atoms with Gasteiger partial charge >= 0.3 is 0 Å². The predicted molar refractivity (Wildman–Crippen MR) is 103 cm³/mol. The first-order valence-electron chi connectivity index (χ1n) is 8.06. The average Bonchev–Trinajstić information content (AvgIpc) is 3.20. The van der Waals surface area contributed by atoms with Crippen molar-refractivity contribution in [1.82, 2.24) is 9.78 Å². The number of anilines is 1. The topological polar surface area (TPSA) is 46.9 Å². The molecule has 0 spiro atoms. The highest BCUT2D eigenvalue weighted by atomic mass is 79.9. The Balaban J connectivity index is 1.75. The van der Waals surface area contributed by atoms with Gasteiger partial charge in [0.25, 0.3) is 5.91 Å². The monoisotopic (exact) mass is 415 g/mol. The second kappa shape index (κ2) is 6.65. The van der Waals surface area contributed by atoms with Crippen molar-refractivity contribution in [2.45, 2.75) is 19.3 Å². The number of carbonyl (C=O) groups excluding carboxylic acids is 1. The summed E-state index contributed by atoms with van der Waals surface area (Å²) in [4.78, 5) is 12.8. The van der Waals surface area contributed by atoms with Crippen LogP contribution in [0.2, 0.25) is 5.02 Å². The summed E-state index contributed by atoms with van der Waals surface area (Å²) in [5.41, 5.74) is 3.53. The van der Waals surface area contributed by atoms with E-state index >= 15 is 0 Å². The second-order valence-corrected chi connectivity index (χ2v) is 7.28. The van der Waals surface area contributed by atoms with Crippen LogP contribution in [0, 0.1) is 0 Å². The van der Waals surface area contributed by atoms with E-state index in [4.69, 9.17) is 16.7 Å². The van der Waals surface area contributed by atoms with Crippen molar-refractivity contribution in [3.05, 3.63) is 74.8 Å². The van der Waals surface area contributed by atoms with Crippen molar-refractivity contribution in [3.8, 4) is 5.69 Å². The zero-order valence-corrected chi connectivity index (χ0v) is 15.6. The Labute approximate surface area is 158 Å². The first kappa shape index (κ1) is 16.4. The molecule has 0 saturated heterocycles. The predicted octanol–water partition coefficient (Wildman–Crippen LogP) is 5.03. The van der Waals surface area contributed by atoms with Gasteiger partial charge in [-0.3, -0.25) is 4.79 Å². The van der Waals surface area contributed by atoms with Crippen LogP contribution in [0.1, 0.15) is 28.0 Å². The molecule has 1 N–H and O–H groups in total. The largest absolute Gasteiger partial charge is 0.306 e. The summed E-state index contributed by atoms with van der Waals surface area (Å²) in [6, 6.07) is 15.1. The standard InChI is InChI=1S/C19H15BrClN3O/c20-12-9-10-16(21)15(11-12)19(25)22-18-14-7-4-8-17(14)23-24(18)13-5-2-1-3-6-13/h1-3,5-6,9-11H,4,7-8H2,(H,22,25). The molecule has 4 nitrogen and oxygen atoms in total. The molecule has 25 heavy (non-hydrogen) atoms. The Morgan fingerprint density at radius 2 is 1.96 bits per heavy atom. The Morgan fingerprint density at radius 3 is 2.76 bits per heavy atom. The van der Waals surface area contributed by atoms with Gasteiger partial charge in [0.2, 0.25) is 0 Å². The number of aryl methyl sites for hydroxylation is 1. The summed E-state index contributed by atoms with van der Waals surface area (Å²) in [5.74, 6) is 0.498. The fourth-order valence-corrected chi connectivity index (χ4v) is 3.69. The van der Waals surface area contributed by atoms with Gasteiger partial charge < -0.3 is 5.32 Å². The van der Waals surface area contributed by atoms with Gasteiger partial charge in [-0.2, -0.15) is 5.10 Å². The number of nitrogens with zero attached hydrogens (tertiary/aromatic N) is 2. The number of para-hydroxylation sites is 1. The summed E-state index contributed by atoms with van der Waals surface area (Å²) in [7, 11) is 0. The third kappa shape index (κ3) is 3.10. The van der Waals surface area contributed by atoms with Crippen molar-refractivity contribution in [2.24, 2.45) is 0 Å². The van der Waals surface area contributed by atoms with E-state index in [1.54, 1.807) is 12.1 Å². The molecule has 4 rings (SSSR count). The molecular formula is C19H15BrClN3O. The van der Waals surface area contributed by atoms with Crippen LogP contribution < -0.4 is 5.32 Å². The molecule has 126 valence electrons. The fraction of sp³-hybridized carbons (Fsp3) is 0.158. The molecule has 0 aliphatic heterocycles. The minimum atomic E-state index is -0.238. The van der Waals surface area contributed by atoms with Crippen LogP contribution in [-0.2, 0) is 12.8 Å². The number of aromatic nitrogens is 2. The van der Waals surface area contributed by atoms with Gasteiger partial charge in [-0.25, -0.2) is 4.68 Å². The quantitative estimate of drug-likeness (QED) is 0.651. The number of fused-ring (bicyclic) bond motifs is 1. The zero-order chi connectivity index (χ0) is 17.4. The third-order valence-electron chi connectivity index (χ3n) is 4.31. The maximum atomic E-state index is 12.8. The fourth-order valence-electron chi connectivity index (χ4n) is 3.12. The lowest BCUT2D eigenvalue weighted by Crippen LogP contribution is -2.16.